The van der Waals surface area contributed by atoms with Crippen molar-refractivity contribution in [2.45, 2.75) is 51.8 Å². The van der Waals surface area contributed by atoms with Crippen molar-refractivity contribution in [3.05, 3.63) is 17.0 Å². The SMILES string of the molecule is Cc1nn(CCS(=O)(=O)C(C)(C)C)c(C)c1CCl. The zero-order valence-corrected chi connectivity index (χ0v) is 13.2. The van der Waals surface area contributed by atoms with Crippen molar-refractivity contribution < 1.29 is 8.42 Å². The smallest absolute Gasteiger partial charge is 0.157 e. The van der Waals surface area contributed by atoms with Gasteiger partial charge in [0.05, 0.1) is 28.6 Å². The Labute approximate surface area is 114 Å². The summed E-state index contributed by atoms with van der Waals surface area (Å²) in [5.74, 6) is 0.504. The van der Waals surface area contributed by atoms with Crippen molar-refractivity contribution in [1.29, 1.82) is 0 Å². The van der Waals surface area contributed by atoms with Gasteiger partial charge >= 0.3 is 0 Å². The van der Waals surface area contributed by atoms with Gasteiger partial charge in [-0.25, -0.2) is 8.42 Å². The minimum absolute atomic E-state index is 0.0974. The van der Waals surface area contributed by atoms with Crippen molar-refractivity contribution in [3.8, 4) is 0 Å². The molecule has 0 aliphatic rings. The van der Waals surface area contributed by atoms with Gasteiger partial charge in [-0.2, -0.15) is 5.10 Å². The van der Waals surface area contributed by atoms with Gasteiger partial charge in [-0.1, -0.05) is 0 Å². The molecule has 18 heavy (non-hydrogen) atoms. The summed E-state index contributed by atoms with van der Waals surface area (Å²) < 4.78 is 25.1. The first-order valence-corrected chi connectivity index (χ1v) is 8.10. The minimum Gasteiger partial charge on any atom is -0.268 e. The average Bonchev–Trinajstić information content (AvgIpc) is 2.49. The van der Waals surface area contributed by atoms with Crippen LogP contribution in [0.5, 0.6) is 0 Å². The average molecular weight is 293 g/mol. The summed E-state index contributed by atoms with van der Waals surface area (Å²) in [6.07, 6.45) is 0. The van der Waals surface area contributed by atoms with Crippen molar-refractivity contribution in [3.63, 3.8) is 0 Å². The maximum atomic E-state index is 12.0. The third-order valence-corrected chi connectivity index (χ3v) is 6.02. The van der Waals surface area contributed by atoms with Gasteiger partial charge in [0.1, 0.15) is 0 Å². The highest BCUT2D eigenvalue weighted by Crippen LogP contribution is 2.18. The topological polar surface area (TPSA) is 52.0 Å². The van der Waals surface area contributed by atoms with Gasteiger partial charge in [0.2, 0.25) is 0 Å². The van der Waals surface area contributed by atoms with Crippen molar-refractivity contribution in [2.75, 3.05) is 5.75 Å². The Kier molecular flexibility index (Phi) is 4.49. The van der Waals surface area contributed by atoms with Gasteiger partial charge in [-0.05, 0) is 34.6 Å². The fourth-order valence-electron chi connectivity index (χ4n) is 1.66. The van der Waals surface area contributed by atoms with E-state index >= 15 is 0 Å². The molecule has 0 aromatic carbocycles. The van der Waals surface area contributed by atoms with E-state index in [0.29, 0.717) is 12.4 Å². The van der Waals surface area contributed by atoms with E-state index < -0.39 is 14.6 Å². The van der Waals surface area contributed by atoms with E-state index in [0.717, 1.165) is 17.0 Å². The number of halogens is 1. The Hall–Kier alpha value is -0.550. The molecule has 1 rings (SSSR count). The number of aromatic nitrogens is 2. The molecule has 6 heteroatoms. The molecule has 0 atom stereocenters. The summed E-state index contributed by atoms with van der Waals surface area (Å²) in [7, 11) is -3.12. The Balaban J connectivity index is 2.89. The number of rotatable bonds is 4. The van der Waals surface area contributed by atoms with Gasteiger partial charge in [0, 0.05) is 11.3 Å². The molecule has 4 nitrogen and oxygen atoms in total. The predicted octanol–water partition coefficient (Wildman–Crippen LogP) is 2.45. The lowest BCUT2D eigenvalue weighted by Crippen LogP contribution is -2.32. The molecule has 0 aliphatic heterocycles. The first-order chi connectivity index (χ1) is 8.10. The largest absolute Gasteiger partial charge is 0.268 e. The maximum absolute atomic E-state index is 12.0. The summed E-state index contributed by atoms with van der Waals surface area (Å²) in [5.41, 5.74) is 2.81. The molecule has 0 aliphatic carbocycles. The Morgan fingerprint density at radius 1 is 1.28 bits per heavy atom. The molecule has 104 valence electrons. The van der Waals surface area contributed by atoms with Crippen LogP contribution >= 0.6 is 11.6 Å². The summed E-state index contributed by atoms with van der Waals surface area (Å²) in [4.78, 5) is 0. The number of alkyl halides is 1. The van der Waals surface area contributed by atoms with E-state index in [1.165, 1.54) is 0 Å². The highest BCUT2D eigenvalue weighted by atomic mass is 35.5. The summed E-state index contributed by atoms with van der Waals surface area (Å²) >= 11 is 5.84. The van der Waals surface area contributed by atoms with Crippen LogP contribution in [0.25, 0.3) is 0 Å². The Morgan fingerprint density at radius 3 is 2.22 bits per heavy atom. The van der Waals surface area contributed by atoms with Crippen molar-refractivity contribution >= 4 is 21.4 Å². The molecule has 0 amide bonds. The van der Waals surface area contributed by atoms with E-state index in [1.54, 1.807) is 25.5 Å². The van der Waals surface area contributed by atoms with Crippen LogP contribution in [0.15, 0.2) is 0 Å². The molecule has 0 spiro atoms. The first kappa shape index (κ1) is 15.5. The molecule has 0 saturated heterocycles. The molecule has 0 fully saturated rings. The van der Waals surface area contributed by atoms with Crippen LogP contribution in [0.1, 0.15) is 37.7 Å². The number of nitrogens with zero attached hydrogens (tertiary/aromatic N) is 2. The van der Waals surface area contributed by atoms with E-state index in [-0.39, 0.29) is 5.75 Å². The number of hydrogen-bond donors (Lipinski definition) is 0. The summed E-state index contributed by atoms with van der Waals surface area (Å²) in [6.45, 7) is 9.33. The Bertz CT molecular complexity index is 527. The number of sulfone groups is 1. The third-order valence-electron chi connectivity index (χ3n) is 3.17. The molecule has 0 saturated carbocycles. The van der Waals surface area contributed by atoms with Gasteiger partial charge in [0.25, 0.3) is 0 Å². The summed E-state index contributed by atoms with van der Waals surface area (Å²) in [5, 5.41) is 4.33. The zero-order chi connectivity index (χ0) is 14.1. The number of hydrogen-bond acceptors (Lipinski definition) is 3. The first-order valence-electron chi connectivity index (χ1n) is 5.91. The fourth-order valence-corrected chi connectivity index (χ4v) is 3.07. The monoisotopic (exact) mass is 292 g/mol. The van der Waals surface area contributed by atoms with E-state index in [2.05, 4.69) is 5.10 Å². The zero-order valence-electron chi connectivity index (χ0n) is 11.6. The molecule has 1 aromatic rings. The quantitative estimate of drug-likeness (QED) is 0.801. The highest BCUT2D eigenvalue weighted by molar-refractivity contribution is 7.92. The van der Waals surface area contributed by atoms with Gasteiger partial charge in [-0.15, -0.1) is 11.6 Å². The van der Waals surface area contributed by atoms with E-state index in [4.69, 9.17) is 11.6 Å². The van der Waals surface area contributed by atoms with Crippen LogP contribution in [0, 0.1) is 13.8 Å². The molecule has 0 N–H and O–H groups in total. The molecular formula is C12H21ClN2O2S. The van der Waals surface area contributed by atoms with Crippen LogP contribution < -0.4 is 0 Å². The van der Waals surface area contributed by atoms with Gasteiger partial charge in [-0.3, -0.25) is 4.68 Å². The van der Waals surface area contributed by atoms with Gasteiger partial charge in [0.15, 0.2) is 9.84 Å². The van der Waals surface area contributed by atoms with Gasteiger partial charge < -0.3 is 0 Å². The van der Waals surface area contributed by atoms with Crippen molar-refractivity contribution in [1.82, 2.24) is 9.78 Å². The van der Waals surface area contributed by atoms with Crippen LogP contribution in [-0.4, -0.2) is 28.7 Å². The van der Waals surface area contributed by atoms with E-state index in [1.807, 2.05) is 13.8 Å². The van der Waals surface area contributed by atoms with Crippen LogP contribution in [-0.2, 0) is 22.3 Å². The molecule has 0 radical (unpaired) electrons. The standard InChI is InChI=1S/C12H21ClN2O2S/c1-9-11(8-13)10(2)15(14-9)6-7-18(16,17)12(3,4)5/h6-8H2,1-5H3. The second-order valence-electron chi connectivity index (χ2n) is 5.44. The van der Waals surface area contributed by atoms with Crippen molar-refractivity contribution in [2.24, 2.45) is 0 Å². The van der Waals surface area contributed by atoms with Crippen LogP contribution in [0.4, 0.5) is 0 Å². The fraction of sp³-hybridized carbons (Fsp3) is 0.750. The highest BCUT2D eigenvalue weighted by Gasteiger charge is 2.28. The minimum atomic E-state index is -3.12. The second kappa shape index (κ2) is 5.21. The van der Waals surface area contributed by atoms with E-state index in [9.17, 15) is 8.42 Å². The number of aryl methyl sites for hydroxylation is 2. The molecule has 0 bridgehead atoms. The maximum Gasteiger partial charge on any atom is 0.157 e. The normalized spacial score (nSPS) is 13.0. The lowest BCUT2D eigenvalue weighted by Gasteiger charge is -2.19. The molecule has 0 unspecified atom stereocenters. The van der Waals surface area contributed by atoms with Crippen LogP contribution in [0.3, 0.4) is 0 Å². The second-order valence-corrected chi connectivity index (χ2v) is 8.57. The molecule has 1 aromatic heterocycles. The Morgan fingerprint density at radius 2 is 1.83 bits per heavy atom. The lowest BCUT2D eigenvalue weighted by atomic mass is 10.2. The molecule has 1 heterocycles. The molecular weight excluding hydrogens is 272 g/mol. The van der Waals surface area contributed by atoms with Crippen LogP contribution in [0.2, 0.25) is 0 Å². The third kappa shape index (κ3) is 3.06. The summed E-state index contributed by atoms with van der Waals surface area (Å²) in [6, 6.07) is 0. The predicted molar refractivity (Wildman–Crippen MR) is 74.8 cm³/mol. The lowest BCUT2D eigenvalue weighted by molar-refractivity contribution is 0.545.